The highest BCUT2D eigenvalue weighted by molar-refractivity contribution is 7.09. The molecule has 2 aromatic heterocycles. The molecule has 5 N–H and O–H groups in total. The quantitative estimate of drug-likeness (QED) is 0.0717. The fourth-order valence-electron chi connectivity index (χ4n) is 6.16. The van der Waals surface area contributed by atoms with Gasteiger partial charge in [-0.1, -0.05) is 102 Å². The minimum absolute atomic E-state index is 0.0451. The fraction of sp³-hybridized carbons (Fsp3) is 0.476. The average Bonchev–Trinajstić information content (AvgIpc) is 3.88. The number of nitrogens with one attached hydrogen (secondary N) is 4. The third-order valence-corrected chi connectivity index (χ3v) is 11.3. The number of nitrogens with zero attached hydrogens (tertiary/aromatic N) is 3. The molecule has 0 saturated heterocycles. The van der Waals surface area contributed by atoms with Gasteiger partial charge >= 0.3 is 12.1 Å². The molecule has 0 spiro atoms. The largest absolute Gasteiger partial charge is 0.444 e. The summed E-state index contributed by atoms with van der Waals surface area (Å²) in [5.41, 5.74) is 4.26. The molecular weight excluding hydrogens is 763 g/mol. The minimum atomic E-state index is -1.10. The lowest BCUT2D eigenvalue weighted by atomic mass is 9.93. The van der Waals surface area contributed by atoms with Crippen LogP contribution in [-0.4, -0.2) is 81.2 Å². The van der Waals surface area contributed by atoms with Crippen molar-refractivity contribution < 1.29 is 29.0 Å². The standard InChI is InChI=1S/C42H57N7O6S2/c1-26(2)36(47-39(52)37(27(3)4)48-41(53)49(7)22-32-24-56-40(45-32)28(5)6)38(51)44-31(18-29-14-10-8-11-15-29)20-35(50)34(19-30-16-12-9-13-17-30)46-42(54)55-23-33-21-43-25-57-33/h8-17,21,24-28,31,34-37,50H,18-20,22-23H2,1-7H3,(H,44,51)(H,46,54)(H,47,52)(H,48,53)/t31-,34-,35-,36-,37+/m0/s1. The van der Waals surface area contributed by atoms with Crippen molar-refractivity contribution in [2.24, 2.45) is 11.8 Å². The number of hydrogen-bond donors (Lipinski definition) is 5. The second kappa shape index (κ2) is 22.2. The number of aromatic nitrogens is 2. The smallest absolute Gasteiger partial charge is 0.407 e. The molecule has 0 unspecified atom stereocenters. The zero-order chi connectivity index (χ0) is 41.5. The van der Waals surface area contributed by atoms with Gasteiger partial charge in [0.05, 0.1) is 39.8 Å². The molecule has 0 saturated carbocycles. The Morgan fingerprint density at radius 1 is 0.789 bits per heavy atom. The third-order valence-electron chi connectivity index (χ3n) is 9.38. The van der Waals surface area contributed by atoms with Gasteiger partial charge in [-0.15, -0.1) is 22.7 Å². The first-order valence-corrected chi connectivity index (χ1v) is 21.1. The predicted molar refractivity (Wildman–Crippen MR) is 224 cm³/mol. The number of aliphatic hydroxyl groups is 1. The first-order valence-electron chi connectivity index (χ1n) is 19.3. The number of hydrogen-bond acceptors (Lipinski definition) is 10. The van der Waals surface area contributed by atoms with Gasteiger partial charge in [-0.3, -0.25) is 14.6 Å². The van der Waals surface area contributed by atoms with E-state index in [1.807, 2.05) is 93.7 Å². The Kier molecular flexibility index (Phi) is 17.4. The zero-order valence-electron chi connectivity index (χ0n) is 33.8. The van der Waals surface area contributed by atoms with E-state index in [1.54, 1.807) is 30.1 Å². The van der Waals surface area contributed by atoms with Crippen LogP contribution in [0.25, 0.3) is 0 Å². The van der Waals surface area contributed by atoms with Gasteiger partial charge in [0.25, 0.3) is 0 Å². The molecule has 5 amide bonds. The summed E-state index contributed by atoms with van der Waals surface area (Å²) in [6, 6.07) is 15.4. The van der Waals surface area contributed by atoms with Crippen LogP contribution in [0.1, 0.15) is 80.6 Å². The Morgan fingerprint density at radius 2 is 1.39 bits per heavy atom. The number of carbonyl (C=O) groups is 4. The Morgan fingerprint density at radius 3 is 1.95 bits per heavy atom. The topological polar surface area (TPSA) is 175 Å². The lowest BCUT2D eigenvalue weighted by Crippen LogP contribution is -2.59. The van der Waals surface area contributed by atoms with Gasteiger partial charge in [-0.2, -0.15) is 0 Å². The van der Waals surface area contributed by atoms with Crippen molar-refractivity contribution in [1.82, 2.24) is 36.1 Å². The molecule has 15 heteroatoms. The van der Waals surface area contributed by atoms with Gasteiger partial charge in [0, 0.05) is 30.6 Å². The predicted octanol–water partition coefficient (Wildman–Crippen LogP) is 6.05. The number of ether oxygens (including phenoxy) is 1. The van der Waals surface area contributed by atoms with Gasteiger partial charge < -0.3 is 36.0 Å². The monoisotopic (exact) mass is 819 g/mol. The van der Waals surface area contributed by atoms with E-state index in [2.05, 4.69) is 45.1 Å². The van der Waals surface area contributed by atoms with Crippen LogP contribution < -0.4 is 21.3 Å². The molecular formula is C42H57N7O6S2. The summed E-state index contributed by atoms with van der Waals surface area (Å²) in [7, 11) is 1.65. The summed E-state index contributed by atoms with van der Waals surface area (Å²) in [5, 5.41) is 26.4. The Bertz CT molecular complexity index is 1840. The summed E-state index contributed by atoms with van der Waals surface area (Å²) in [6.07, 6.45) is 0.625. The number of aliphatic hydroxyl groups excluding tert-OH is 1. The number of benzene rings is 2. The molecule has 0 aliphatic carbocycles. The van der Waals surface area contributed by atoms with E-state index in [-0.39, 0.29) is 37.3 Å². The highest BCUT2D eigenvalue weighted by Crippen LogP contribution is 2.20. The maximum absolute atomic E-state index is 14.1. The van der Waals surface area contributed by atoms with Crippen LogP contribution in [0.5, 0.6) is 0 Å². The molecule has 4 aromatic rings. The molecule has 0 aliphatic heterocycles. The van der Waals surface area contributed by atoms with Crippen LogP contribution in [0.15, 0.2) is 77.8 Å². The summed E-state index contributed by atoms with van der Waals surface area (Å²) in [6.45, 7) is 11.8. The second-order valence-electron chi connectivity index (χ2n) is 15.3. The number of urea groups is 1. The van der Waals surface area contributed by atoms with Crippen LogP contribution in [0, 0.1) is 11.8 Å². The molecule has 0 bridgehead atoms. The van der Waals surface area contributed by atoms with Gasteiger partial charge in [0.1, 0.15) is 18.7 Å². The molecule has 2 aromatic carbocycles. The molecule has 0 radical (unpaired) electrons. The highest BCUT2D eigenvalue weighted by Gasteiger charge is 2.33. The number of rotatable bonds is 20. The molecule has 13 nitrogen and oxygen atoms in total. The van der Waals surface area contributed by atoms with Crippen molar-refractivity contribution in [2.75, 3.05) is 7.05 Å². The first kappa shape index (κ1) is 44.8. The van der Waals surface area contributed by atoms with Gasteiger partial charge in [0.2, 0.25) is 11.8 Å². The Labute approximate surface area is 344 Å². The summed E-state index contributed by atoms with van der Waals surface area (Å²) in [5.74, 6) is -1.23. The average molecular weight is 820 g/mol. The van der Waals surface area contributed by atoms with Gasteiger partial charge in [0.15, 0.2) is 0 Å². The van der Waals surface area contributed by atoms with E-state index < -0.39 is 54.2 Å². The first-order chi connectivity index (χ1) is 27.2. The SMILES string of the molecule is CC(C)c1nc(CN(C)C(=O)N[C@@H](C(=O)N[C@H](C(=O)N[C@@H](Cc2ccccc2)C[C@H](O)[C@H](Cc2ccccc2)NC(=O)OCc2cncs2)C(C)C)C(C)C)cs1. The van der Waals surface area contributed by atoms with Crippen molar-refractivity contribution in [3.63, 3.8) is 0 Å². The zero-order valence-corrected chi connectivity index (χ0v) is 35.4. The summed E-state index contributed by atoms with van der Waals surface area (Å²) >= 11 is 2.92. The fourth-order valence-corrected chi connectivity index (χ4v) is 7.50. The van der Waals surface area contributed by atoms with Crippen LogP contribution >= 0.6 is 22.7 Å². The van der Waals surface area contributed by atoms with Crippen molar-refractivity contribution in [2.45, 2.75) is 110 Å². The van der Waals surface area contributed by atoms with E-state index in [9.17, 15) is 24.3 Å². The van der Waals surface area contributed by atoms with Gasteiger partial charge in [-0.25, -0.2) is 14.6 Å². The van der Waals surface area contributed by atoms with E-state index in [4.69, 9.17) is 4.74 Å². The van der Waals surface area contributed by atoms with Crippen LogP contribution in [0.2, 0.25) is 0 Å². The minimum Gasteiger partial charge on any atom is -0.444 e. The third kappa shape index (κ3) is 14.5. The Hall–Kier alpha value is -4.86. The maximum Gasteiger partial charge on any atom is 0.407 e. The number of carbonyl (C=O) groups excluding carboxylic acids is 4. The number of amides is 5. The lowest BCUT2D eigenvalue weighted by Gasteiger charge is -2.31. The normalized spacial score (nSPS) is 14.0. The van der Waals surface area contributed by atoms with E-state index in [0.29, 0.717) is 12.8 Å². The molecule has 2 heterocycles. The molecule has 0 aliphatic rings. The van der Waals surface area contributed by atoms with Crippen molar-refractivity contribution >= 4 is 46.6 Å². The van der Waals surface area contributed by atoms with E-state index in [0.717, 1.165) is 26.7 Å². The molecule has 5 atom stereocenters. The second-order valence-corrected chi connectivity index (χ2v) is 17.1. The van der Waals surface area contributed by atoms with Crippen molar-refractivity contribution in [1.29, 1.82) is 0 Å². The van der Waals surface area contributed by atoms with Gasteiger partial charge in [-0.05, 0) is 42.2 Å². The van der Waals surface area contributed by atoms with E-state index in [1.165, 1.54) is 16.2 Å². The number of alkyl carbamates (subject to hydrolysis) is 1. The maximum atomic E-state index is 14.1. The van der Waals surface area contributed by atoms with Crippen molar-refractivity contribution in [3.05, 3.63) is 104 Å². The van der Waals surface area contributed by atoms with E-state index >= 15 is 0 Å². The lowest BCUT2D eigenvalue weighted by molar-refractivity contribution is -0.132. The molecule has 0 fully saturated rings. The summed E-state index contributed by atoms with van der Waals surface area (Å²) < 4.78 is 5.44. The van der Waals surface area contributed by atoms with Crippen molar-refractivity contribution in [3.8, 4) is 0 Å². The summed E-state index contributed by atoms with van der Waals surface area (Å²) in [4.78, 5) is 65.1. The molecule has 4 rings (SSSR count). The molecule has 308 valence electrons. The van der Waals surface area contributed by atoms with Crippen LogP contribution in [-0.2, 0) is 40.3 Å². The van der Waals surface area contributed by atoms with Crippen LogP contribution in [0.3, 0.4) is 0 Å². The Balaban J connectivity index is 1.47. The van der Waals surface area contributed by atoms with Crippen LogP contribution in [0.4, 0.5) is 9.59 Å². The molecule has 57 heavy (non-hydrogen) atoms. The number of thiazole rings is 2. The highest BCUT2D eigenvalue weighted by atomic mass is 32.1.